The largest absolute Gasteiger partial charge is 0.462 e. The van der Waals surface area contributed by atoms with Crippen LogP contribution < -0.4 is 0 Å². The van der Waals surface area contributed by atoms with E-state index in [9.17, 15) is 4.79 Å². The van der Waals surface area contributed by atoms with Crippen LogP contribution in [-0.4, -0.2) is 12.1 Å². The van der Waals surface area contributed by atoms with Crippen LogP contribution in [0.2, 0.25) is 0 Å². The third-order valence-corrected chi connectivity index (χ3v) is 10.8. The maximum absolute atomic E-state index is 12.8. The molecule has 0 aliphatic heterocycles. The van der Waals surface area contributed by atoms with Crippen LogP contribution in [0.1, 0.15) is 259 Å². The fourth-order valence-corrected chi connectivity index (χ4v) is 6.98. The Morgan fingerprint density at radius 1 is 0.431 bits per heavy atom. The number of rotatable bonds is 41. The van der Waals surface area contributed by atoms with Crippen molar-refractivity contribution >= 4 is 5.97 Å². The van der Waals surface area contributed by atoms with E-state index in [1.165, 1.54) is 199 Å². The first-order chi connectivity index (χ1) is 25.1. The standard InChI is InChI=1S/C49H92O2/c1-5-8-10-12-14-16-18-20-22-24-26-28-30-32-36-40-44-48(51-49(50)46-42-38-34-35-39-43-47(4)7-3)45-41-37-33-31-29-27-25-23-21-19-17-15-13-11-9-6-2/h14,16,20-23,47-48H,5-13,15,17-19,24-46H2,1-4H3. The van der Waals surface area contributed by atoms with Crippen molar-refractivity contribution in [2.45, 2.75) is 265 Å². The lowest BCUT2D eigenvalue weighted by atomic mass is 10.00. The number of allylic oxidation sites excluding steroid dienone is 6. The quantitative estimate of drug-likeness (QED) is 0.0358. The molecule has 0 aromatic heterocycles. The predicted molar refractivity (Wildman–Crippen MR) is 230 cm³/mol. The van der Waals surface area contributed by atoms with Gasteiger partial charge in [0.1, 0.15) is 6.10 Å². The number of unbranched alkanes of at least 4 members (excludes halogenated alkanes) is 25. The molecule has 2 atom stereocenters. The molecule has 0 aromatic rings. The molecule has 0 spiro atoms. The molecular weight excluding hydrogens is 621 g/mol. The smallest absolute Gasteiger partial charge is 0.306 e. The molecule has 0 radical (unpaired) electrons. The van der Waals surface area contributed by atoms with Crippen LogP contribution in [-0.2, 0) is 9.53 Å². The topological polar surface area (TPSA) is 26.3 Å². The van der Waals surface area contributed by atoms with Crippen molar-refractivity contribution < 1.29 is 9.53 Å². The SMILES string of the molecule is CCCCCC=CCC=CCCCCCCCCC(CCCCCCCCC=CCCCCCCCC)OC(=O)CCCCCCCC(C)CC. The van der Waals surface area contributed by atoms with Gasteiger partial charge in [0.05, 0.1) is 0 Å². The van der Waals surface area contributed by atoms with Crippen LogP contribution in [0.5, 0.6) is 0 Å². The lowest BCUT2D eigenvalue weighted by molar-refractivity contribution is -0.150. The molecule has 0 aliphatic carbocycles. The van der Waals surface area contributed by atoms with E-state index in [2.05, 4.69) is 64.2 Å². The Hall–Kier alpha value is -1.31. The van der Waals surface area contributed by atoms with Gasteiger partial charge in [-0.1, -0.05) is 199 Å². The molecule has 2 heteroatoms. The van der Waals surface area contributed by atoms with Gasteiger partial charge in [0.15, 0.2) is 0 Å². The minimum absolute atomic E-state index is 0.0594. The Bertz CT molecular complexity index is 764. The Balaban J connectivity index is 4.15. The lowest BCUT2D eigenvalue weighted by Crippen LogP contribution is -2.18. The van der Waals surface area contributed by atoms with Gasteiger partial charge >= 0.3 is 5.97 Å². The summed E-state index contributed by atoms with van der Waals surface area (Å²) in [7, 11) is 0. The van der Waals surface area contributed by atoms with Gasteiger partial charge in [-0.15, -0.1) is 0 Å². The van der Waals surface area contributed by atoms with E-state index in [0.717, 1.165) is 31.6 Å². The Morgan fingerprint density at radius 3 is 1.25 bits per heavy atom. The molecule has 300 valence electrons. The number of ether oxygens (including phenoxy) is 1. The van der Waals surface area contributed by atoms with Crippen LogP contribution >= 0.6 is 0 Å². The highest BCUT2D eigenvalue weighted by atomic mass is 16.5. The zero-order valence-corrected chi connectivity index (χ0v) is 35.4. The number of hydrogen-bond donors (Lipinski definition) is 0. The monoisotopic (exact) mass is 713 g/mol. The van der Waals surface area contributed by atoms with E-state index in [1.807, 2.05) is 0 Å². The second-order valence-electron chi connectivity index (χ2n) is 16.0. The van der Waals surface area contributed by atoms with E-state index in [1.54, 1.807) is 0 Å². The van der Waals surface area contributed by atoms with Gasteiger partial charge in [-0.2, -0.15) is 0 Å². The molecule has 0 amide bonds. The molecule has 0 bridgehead atoms. The average Bonchev–Trinajstić information content (AvgIpc) is 3.13. The molecule has 0 fully saturated rings. The summed E-state index contributed by atoms with van der Waals surface area (Å²) in [6, 6.07) is 0. The van der Waals surface area contributed by atoms with E-state index >= 15 is 0 Å². The van der Waals surface area contributed by atoms with Crippen molar-refractivity contribution in [1.29, 1.82) is 0 Å². The minimum Gasteiger partial charge on any atom is -0.462 e. The molecule has 0 saturated carbocycles. The summed E-state index contributed by atoms with van der Waals surface area (Å²) in [5, 5.41) is 0. The van der Waals surface area contributed by atoms with Crippen LogP contribution in [0.4, 0.5) is 0 Å². The van der Waals surface area contributed by atoms with Crippen molar-refractivity contribution in [2.75, 3.05) is 0 Å². The average molecular weight is 713 g/mol. The summed E-state index contributed by atoms with van der Waals surface area (Å²) in [5.74, 6) is 0.915. The van der Waals surface area contributed by atoms with Crippen molar-refractivity contribution in [3.63, 3.8) is 0 Å². The molecule has 0 saturated heterocycles. The minimum atomic E-state index is 0.0594. The summed E-state index contributed by atoms with van der Waals surface area (Å²) in [4.78, 5) is 12.8. The van der Waals surface area contributed by atoms with E-state index in [0.29, 0.717) is 6.42 Å². The molecular formula is C49H92O2. The first-order valence-electron chi connectivity index (χ1n) is 23.3. The first-order valence-corrected chi connectivity index (χ1v) is 23.3. The Kier molecular flexibility index (Phi) is 42.0. The maximum atomic E-state index is 12.8. The highest BCUT2D eigenvalue weighted by Crippen LogP contribution is 2.19. The van der Waals surface area contributed by atoms with Crippen LogP contribution in [0.3, 0.4) is 0 Å². The highest BCUT2D eigenvalue weighted by Gasteiger charge is 2.14. The van der Waals surface area contributed by atoms with Gasteiger partial charge in [-0.25, -0.2) is 0 Å². The summed E-state index contributed by atoms with van der Waals surface area (Å²) < 4.78 is 6.11. The first kappa shape index (κ1) is 49.7. The number of esters is 1. The summed E-state index contributed by atoms with van der Waals surface area (Å²) >= 11 is 0. The Morgan fingerprint density at radius 2 is 0.784 bits per heavy atom. The van der Waals surface area contributed by atoms with Gasteiger partial charge in [0.25, 0.3) is 0 Å². The van der Waals surface area contributed by atoms with Crippen molar-refractivity contribution in [2.24, 2.45) is 5.92 Å². The highest BCUT2D eigenvalue weighted by molar-refractivity contribution is 5.69. The zero-order chi connectivity index (χ0) is 37.1. The molecule has 0 rings (SSSR count). The number of carbonyl (C=O) groups is 1. The van der Waals surface area contributed by atoms with Crippen LogP contribution in [0.15, 0.2) is 36.5 Å². The predicted octanol–water partition coefficient (Wildman–Crippen LogP) is 17.3. The van der Waals surface area contributed by atoms with Gasteiger partial charge in [0.2, 0.25) is 0 Å². The maximum Gasteiger partial charge on any atom is 0.306 e. The number of carbonyl (C=O) groups excluding carboxylic acids is 1. The van der Waals surface area contributed by atoms with Gasteiger partial charge in [0, 0.05) is 6.42 Å². The summed E-state index contributed by atoms with van der Waals surface area (Å²) in [5.41, 5.74) is 0. The second-order valence-corrected chi connectivity index (χ2v) is 16.0. The van der Waals surface area contributed by atoms with Crippen molar-refractivity contribution in [3.05, 3.63) is 36.5 Å². The second kappa shape index (κ2) is 43.1. The summed E-state index contributed by atoms with van der Waals surface area (Å²) in [6.07, 6.45) is 59.8. The molecule has 0 aromatic carbocycles. The van der Waals surface area contributed by atoms with Crippen molar-refractivity contribution in [1.82, 2.24) is 0 Å². The zero-order valence-electron chi connectivity index (χ0n) is 35.4. The van der Waals surface area contributed by atoms with E-state index < -0.39 is 0 Å². The summed E-state index contributed by atoms with van der Waals surface area (Å²) in [6.45, 7) is 9.21. The fourth-order valence-electron chi connectivity index (χ4n) is 6.98. The van der Waals surface area contributed by atoms with Crippen molar-refractivity contribution in [3.8, 4) is 0 Å². The third kappa shape index (κ3) is 41.3. The van der Waals surface area contributed by atoms with E-state index in [-0.39, 0.29) is 12.1 Å². The Labute approximate surface area is 321 Å². The van der Waals surface area contributed by atoms with Crippen LogP contribution in [0, 0.1) is 5.92 Å². The lowest BCUT2D eigenvalue weighted by Gasteiger charge is -2.18. The molecule has 51 heavy (non-hydrogen) atoms. The molecule has 0 aliphatic rings. The third-order valence-electron chi connectivity index (χ3n) is 10.8. The van der Waals surface area contributed by atoms with Gasteiger partial charge < -0.3 is 4.74 Å². The van der Waals surface area contributed by atoms with Crippen LogP contribution in [0.25, 0.3) is 0 Å². The fraction of sp³-hybridized carbons (Fsp3) is 0.857. The normalized spacial score (nSPS) is 13.3. The van der Waals surface area contributed by atoms with E-state index in [4.69, 9.17) is 4.74 Å². The van der Waals surface area contributed by atoms with Gasteiger partial charge in [-0.3, -0.25) is 4.79 Å². The molecule has 2 unspecified atom stereocenters. The molecule has 0 N–H and O–H groups in total. The number of hydrogen-bond acceptors (Lipinski definition) is 2. The van der Waals surface area contributed by atoms with Gasteiger partial charge in [-0.05, 0) is 95.8 Å². The molecule has 0 heterocycles. The molecule has 2 nitrogen and oxygen atoms in total.